The maximum atomic E-state index is 12.6. The highest BCUT2D eigenvalue weighted by Gasteiger charge is 2.28. The summed E-state index contributed by atoms with van der Waals surface area (Å²) in [4.78, 5) is 0.125. The molecule has 0 saturated carbocycles. The van der Waals surface area contributed by atoms with E-state index in [1.165, 1.54) is 17.1 Å². The van der Waals surface area contributed by atoms with Crippen LogP contribution >= 0.6 is 0 Å². The van der Waals surface area contributed by atoms with Crippen LogP contribution in [0.2, 0.25) is 0 Å². The van der Waals surface area contributed by atoms with Crippen molar-refractivity contribution < 1.29 is 8.42 Å². The first kappa shape index (κ1) is 15.6. The Balaban J connectivity index is 2.00. The highest BCUT2D eigenvalue weighted by atomic mass is 32.2. The minimum Gasteiger partial charge on any atom is -0.285 e. The Hall–Kier alpha value is -2.26. The molecule has 0 aliphatic rings. The van der Waals surface area contributed by atoms with Gasteiger partial charge in [0.1, 0.15) is 4.90 Å². The Kier molecular flexibility index (Phi) is 3.90. The molecular formula is C14H18N6O2S. The quantitative estimate of drug-likeness (QED) is 0.755. The first-order valence-electron chi connectivity index (χ1n) is 7.19. The fourth-order valence-corrected chi connectivity index (χ4v) is 3.66. The lowest BCUT2D eigenvalue weighted by Crippen LogP contribution is -2.33. The van der Waals surface area contributed by atoms with Crippen molar-refractivity contribution >= 4 is 15.7 Å². The van der Waals surface area contributed by atoms with Crippen LogP contribution in [0.25, 0.3) is 5.65 Å². The van der Waals surface area contributed by atoms with E-state index in [0.717, 1.165) is 0 Å². The molecule has 0 aromatic carbocycles. The van der Waals surface area contributed by atoms with Gasteiger partial charge in [-0.1, -0.05) is 19.9 Å². The third-order valence-corrected chi connectivity index (χ3v) is 4.95. The Morgan fingerprint density at radius 2 is 2.00 bits per heavy atom. The van der Waals surface area contributed by atoms with Crippen LogP contribution in [0.15, 0.2) is 41.7 Å². The van der Waals surface area contributed by atoms with E-state index < -0.39 is 16.1 Å². The summed E-state index contributed by atoms with van der Waals surface area (Å²) < 4.78 is 31.1. The molecule has 0 saturated heterocycles. The summed E-state index contributed by atoms with van der Waals surface area (Å²) in [6.07, 6.45) is 4.60. The number of aromatic nitrogens is 5. The summed E-state index contributed by atoms with van der Waals surface area (Å²) in [7, 11) is -2.02. The van der Waals surface area contributed by atoms with Gasteiger partial charge >= 0.3 is 0 Å². The summed E-state index contributed by atoms with van der Waals surface area (Å²) in [5, 5.41) is 12.2. The van der Waals surface area contributed by atoms with Crippen molar-refractivity contribution in [2.75, 3.05) is 0 Å². The van der Waals surface area contributed by atoms with E-state index in [-0.39, 0.29) is 10.8 Å². The molecule has 0 bridgehead atoms. The summed E-state index contributed by atoms with van der Waals surface area (Å²) in [6, 6.07) is 5.03. The van der Waals surface area contributed by atoms with Crippen molar-refractivity contribution in [3.63, 3.8) is 0 Å². The number of aryl methyl sites for hydroxylation is 1. The van der Waals surface area contributed by atoms with Crippen LogP contribution in [0.1, 0.15) is 25.7 Å². The van der Waals surface area contributed by atoms with Crippen LogP contribution in [0, 0.1) is 5.92 Å². The monoisotopic (exact) mass is 334 g/mol. The van der Waals surface area contributed by atoms with Crippen LogP contribution in [-0.2, 0) is 17.1 Å². The van der Waals surface area contributed by atoms with Gasteiger partial charge in [0.2, 0.25) is 10.0 Å². The number of pyridine rings is 1. The Labute approximate surface area is 134 Å². The molecule has 122 valence electrons. The standard InChI is InChI=1S/C14H18N6O2S/c1-10(2)13(14-17-16-12-6-4-5-7-20(12)14)18-23(21,22)11-8-15-19(3)9-11/h4-10,13,18H,1-3H3. The third-order valence-electron chi connectivity index (χ3n) is 3.56. The summed E-state index contributed by atoms with van der Waals surface area (Å²) in [6.45, 7) is 3.86. The van der Waals surface area contributed by atoms with E-state index in [2.05, 4.69) is 20.0 Å². The molecule has 0 aliphatic heterocycles. The summed E-state index contributed by atoms with van der Waals surface area (Å²) in [5.74, 6) is 0.553. The minimum atomic E-state index is -3.69. The molecule has 0 fully saturated rings. The Morgan fingerprint density at radius 1 is 1.22 bits per heavy atom. The molecule has 0 aliphatic carbocycles. The lowest BCUT2D eigenvalue weighted by atomic mass is 10.1. The molecule has 3 aromatic heterocycles. The zero-order valence-corrected chi connectivity index (χ0v) is 13.9. The zero-order chi connectivity index (χ0) is 16.6. The molecule has 3 aromatic rings. The van der Waals surface area contributed by atoms with Crippen molar-refractivity contribution in [1.82, 2.24) is 29.1 Å². The molecule has 1 atom stereocenters. The van der Waals surface area contributed by atoms with Gasteiger partial charge in [-0.15, -0.1) is 10.2 Å². The number of hydrogen-bond donors (Lipinski definition) is 1. The van der Waals surface area contributed by atoms with Gasteiger partial charge in [0.05, 0.1) is 12.2 Å². The van der Waals surface area contributed by atoms with Crippen molar-refractivity contribution in [1.29, 1.82) is 0 Å². The second kappa shape index (κ2) is 5.74. The zero-order valence-electron chi connectivity index (χ0n) is 13.1. The number of sulfonamides is 1. The van der Waals surface area contributed by atoms with Crippen LogP contribution in [0.4, 0.5) is 0 Å². The molecule has 9 heteroatoms. The number of hydrogen-bond acceptors (Lipinski definition) is 5. The molecule has 8 nitrogen and oxygen atoms in total. The predicted molar refractivity (Wildman–Crippen MR) is 84.1 cm³/mol. The molecular weight excluding hydrogens is 316 g/mol. The normalized spacial score (nSPS) is 13.7. The van der Waals surface area contributed by atoms with Crippen molar-refractivity contribution in [2.45, 2.75) is 24.8 Å². The average Bonchev–Trinajstić information content (AvgIpc) is 3.11. The van der Waals surface area contributed by atoms with Crippen LogP contribution in [0.5, 0.6) is 0 Å². The van der Waals surface area contributed by atoms with Gasteiger partial charge < -0.3 is 0 Å². The molecule has 3 heterocycles. The van der Waals surface area contributed by atoms with Crippen molar-refractivity contribution in [2.24, 2.45) is 13.0 Å². The van der Waals surface area contributed by atoms with Crippen LogP contribution < -0.4 is 4.72 Å². The van der Waals surface area contributed by atoms with E-state index in [9.17, 15) is 8.42 Å². The molecule has 0 spiro atoms. The molecule has 3 rings (SSSR count). The Bertz CT molecular complexity index is 928. The lowest BCUT2D eigenvalue weighted by molar-refractivity contribution is 0.441. The van der Waals surface area contributed by atoms with E-state index in [0.29, 0.717) is 11.5 Å². The van der Waals surface area contributed by atoms with Gasteiger partial charge in [0, 0.05) is 19.4 Å². The number of nitrogens with one attached hydrogen (secondary N) is 1. The van der Waals surface area contributed by atoms with Gasteiger partial charge in [-0.2, -0.15) is 5.10 Å². The maximum absolute atomic E-state index is 12.6. The van der Waals surface area contributed by atoms with Gasteiger partial charge in [0.15, 0.2) is 11.5 Å². The van der Waals surface area contributed by atoms with E-state index in [1.54, 1.807) is 11.4 Å². The Morgan fingerprint density at radius 3 is 2.65 bits per heavy atom. The van der Waals surface area contributed by atoms with Gasteiger partial charge in [0.25, 0.3) is 0 Å². The molecule has 1 unspecified atom stereocenters. The van der Waals surface area contributed by atoms with Crippen molar-refractivity contribution in [3.05, 3.63) is 42.6 Å². The fraction of sp³-hybridized carbons (Fsp3) is 0.357. The number of rotatable bonds is 5. The topological polar surface area (TPSA) is 94.2 Å². The summed E-state index contributed by atoms with van der Waals surface area (Å²) in [5.41, 5.74) is 0.675. The first-order valence-corrected chi connectivity index (χ1v) is 8.67. The van der Waals surface area contributed by atoms with Crippen molar-refractivity contribution in [3.8, 4) is 0 Å². The highest BCUT2D eigenvalue weighted by molar-refractivity contribution is 7.89. The average molecular weight is 334 g/mol. The van der Waals surface area contributed by atoms with E-state index >= 15 is 0 Å². The second-order valence-corrected chi connectivity index (χ2v) is 7.39. The molecule has 0 amide bonds. The minimum absolute atomic E-state index is 0.00551. The third kappa shape index (κ3) is 2.97. The largest absolute Gasteiger partial charge is 0.285 e. The molecule has 0 radical (unpaired) electrons. The van der Waals surface area contributed by atoms with Crippen LogP contribution in [-0.4, -0.2) is 32.8 Å². The van der Waals surface area contributed by atoms with E-state index in [4.69, 9.17) is 0 Å². The first-order chi connectivity index (χ1) is 10.9. The second-order valence-electron chi connectivity index (χ2n) is 5.68. The smallest absolute Gasteiger partial charge is 0.244 e. The van der Waals surface area contributed by atoms with Gasteiger partial charge in [-0.25, -0.2) is 13.1 Å². The summed E-state index contributed by atoms with van der Waals surface area (Å²) >= 11 is 0. The van der Waals surface area contributed by atoms with Crippen LogP contribution in [0.3, 0.4) is 0 Å². The predicted octanol–water partition coefficient (Wildman–Crippen LogP) is 1.14. The number of fused-ring (bicyclic) bond motifs is 1. The van der Waals surface area contributed by atoms with E-state index in [1.807, 2.05) is 38.2 Å². The van der Waals surface area contributed by atoms with Gasteiger partial charge in [-0.3, -0.25) is 9.08 Å². The van der Waals surface area contributed by atoms with Gasteiger partial charge in [-0.05, 0) is 18.1 Å². The SMILES string of the molecule is CC(C)C(NS(=O)(=O)c1cnn(C)c1)c1nnc2ccccn12. The maximum Gasteiger partial charge on any atom is 0.244 e. The molecule has 23 heavy (non-hydrogen) atoms. The number of nitrogens with zero attached hydrogens (tertiary/aromatic N) is 5. The fourth-order valence-electron chi connectivity index (χ4n) is 2.33. The molecule has 1 N–H and O–H groups in total. The highest BCUT2D eigenvalue weighted by Crippen LogP contribution is 2.23. The lowest BCUT2D eigenvalue weighted by Gasteiger charge is -2.20.